The maximum Gasteiger partial charge on any atom is 0.187 e. The first-order valence-electron chi connectivity index (χ1n) is 12.1. The molecule has 6 heteroatoms. The van der Waals surface area contributed by atoms with Crippen LogP contribution in [0.5, 0.6) is 0 Å². The van der Waals surface area contributed by atoms with Crippen LogP contribution in [0.25, 0.3) is 0 Å². The number of fused-ring (bicyclic) bond motifs is 2. The summed E-state index contributed by atoms with van der Waals surface area (Å²) in [6, 6.07) is 30.5. The fraction of sp³-hybridized carbons (Fsp3) is 0.379. The predicted molar refractivity (Wildman–Crippen MR) is 142 cm³/mol. The van der Waals surface area contributed by atoms with E-state index in [2.05, 4.69) is 65.9 Å². The van der Waals surface area contributed by atoms with Crippen molar-refractivity contribution in [1.82, 2.24) is 0 Å². The van der Waals surface area contributed by atoms with Crippen LogP contribution >= 0.6 is 22.6 Å². The van der Waals surface area contributed by atoms with Crippen molar-refractivity contribution in [3.63, 3.8) is 0 Å². The molecular weight excluding hydrogens is 555 g/mol. The SMILES string of the molecule is CC(I)C12COC(O1)C(OCc1ccccc1)C(OCc1ccccc1)C2OCc1ccccc1. The second-order valence-electron chi connectivity index (χ2n) is 9.11. The van der Waals surface area contributed by atoms with Gasteiger partial charge in [0.2, 0.25) is 0 Å². The van der Waals surface area contributed by atoms with E-state index in [1.54, 1.807) is 0 Å². The lowest BCUT2D eigenvalue weighted by Crippen LogP contribution is -2.65. The molecule has 0 amide bonds. The van der Waals surface area contributed by atoms with Gasteiger partial charge < -0.3 is 23.7 Å². The standard InChI is InChI=1S/C29H31IO5/c1-21(30)29-20-34-28(35-29)26(32-18-23-13-7-3-8-14-23)25(31-17-22-11-5-2-6-12-22)27(29)33-19-24-15-9-4-10-16-24/h2-16,21,25-28H,17-20H2,1H3. The molecule has 0 aliphatic carbocycles. The van der Waals surface area contributed by atoms with Crippen LogP contribution < -0.4 is 0 Å². The van der Waals surface area contributed by atoms with Crippen molar-refractivity contribution in [1.29, 1.82) is 0 Å². The summed E-state index contributed by atoms with van der Waals surface area (Å²) in [6.45, 7) is 3.95. The molecule has 0 spiro atoms. The van der Waals surface area contributed by atoms with Gasteiger partial charge in [-0.05, 0) is 16.7 Å². The van der Waals surface area contributed by atoms with Gasteiger partial charge in [-0.25, -0.2) is 0 Å². The highest BCUT2D eigenvalue weighted by Gasteiger charge is 2.63. The van der Waals surface area contributed by atoms with Crippen LogP contribution in [0.15, 0.2) is 91.0 Å². The van der Waals surface area contributed by atoms with Gasteiger partial charge in [0.05, 0.1) is 26.4 Å². The van der Waals surface area contributed by atoms with Crippen molar-refractivity contribution < 1.29 is 23.7 Å². The molecule has 5 rings (SSSR count). The lowest BCUT2D eigenvalue weighted by atomic mass is 9.86. The molecule has 2 fully saturated rings. The van der Waals surface area contributed by atoms with Gasteiger partial charge in [0, 0.05) is 3.92 Å². The van der Waals surface area contributed by atoms with E-state index in [1.165, 1.54) is 0 Å². The molecule has 0 aromatic heterocycles. The highest BCUT2D eigenvalue weighted by atomic mass is 127. The predicted octanol–water partition coefficient (Wildman–Crippen LogP) is 5.69. The third-order valence-corrected chi connectivity index (χ3v) is 7.75. The minimum absolute atomic E-state index is 0.142. The summed E-state index contributed by atoms with van der Waals surface area (Å²) in [5.41, 5.74) is 2.68. The monoisotopic (exact) mass is 586 g/mol. The van der Waals surface area contributed by atoms with Crippen molar-refractivity contribution in [3.05, 3.63) is 108 Å². The minimum atomic E-state index is -0.617. The molecule has 6 atom stereocenters. The van der Waals surface area contributed by atoms with Gasteiger partial charge in [-0.1, -0.05) is 121 Å². The Labute approximate surface area is 220 Å². The number of ether oxygens (including phenoxy) is 5. The number of halogens is 1. The fourth-order valence-corrected chi connectivity index (χ4v) is 5.41. The first kappa shape index (κ1) is 24.9. The molecule has 3 aromatic carbocycles. The second kappa shape index (κ2) is 11.5. The summed E-state index contributed by atoms with van der Waals surface area (Å²) in [4.78, 5) is 0. The summed E-state index contributed by atoms with van der Waals surface area (Å²) in [5.74, 6) is 0. The van der Waals surface area contributed by atoms with Crippen LogP contribution in [0.3, 0.4) is 0 Å². The van der Waals surface area contributed by atoms with E-state index in [1.807, 2.05) is 54.6 Å². The molecule has 0 saturated carbocycles. The van der Waals surface area contributed by atoms with E-state index in [0.29, 0.717) is 26.4 Å². The Bertz CT molecular complexity index is 1050. The molecule has 2 bridgehead atoms. The maximum absolute atomic E-state index is 6.63. The summed E-state index contributed by atoms with van der Waals surface area (Å²) in [7, 11) is 0. The van der Waals surface area contributed by atoms with Crippen LogP contribution in [0.4, 0.5) is 0 Å². The highest BCUT2D eigenvalue weighted by molar-refractivity contribution is 14.1. The molecule has 6 unspecified atom stereocenters. The zero-order chi connectivity index (χ0) is 24.1. The number of rotatable bonds is 10. The van der Waals surface area contributed by atoms with Gasteiger partial charge in [0.15, 0.2) is 6.29 Å². The molecule has 2 saturated heterocycles. The molecule has 2 heterocycles. The molecular formula is C29H31IO5. The van der Waals surface area contributed by atoms with Crippen LogP contribution in [0.2, 0.25) is 0 Å². The third kappa shape index (κ3) is 5.63. The average Bonchev–Trinajstić information content (AvgIpc) is 3.30. The molecule has 2 aliphatic rings. The fourth-order valence-electron chi connectivity index (χ4n) is 4.73. The van der Waals surface area contributed by atoms with Crippen molar-refractivity contribution in [2.75, 3.05) is 6.61 Å². The van der Waals surface area contributed by atoms with Gasteiger partial charge in [-0.3, -0.25) is 0 Å². The van der Waals surface area contributed by atoms with Crippen LogP contribution in [-0.4, -0.2) is 40.7 Å². The van der Waals surface area contributed by atoms with Gasteiger partial charge in [0.1, 0.15) is 23.9 Å². The third-order valence-electron chi connectivity index (χ3n) is 6.70. The van der Waals surface area contributed by atoms with Gasteiger partial charge in [0.25, 0.3) is 0 Å². The molecule has 0 N–H and O–H groups in total. The van der Waals surface area contributed by atoms with E-state index >= 15 is 0 Å². The Balaban J connectivity index is 1.42. The molecule has 5 nitrogen and oxygen atoms in total. The van der Waals surface area contributed by atoms with E-state index in [9.17, 15) is 0 Å². The Morgan fingerprint density at radius 2 is 1.20 bits per heavy atom. The van der Waals surface area contributed by atoms with Crippen molar-refractivity contribution in [3.8, 4) is 0 Å². The zero-order valence-corrected chi connectivity index (χ0v) is 22.0. The number of hydrogen-bond acceptors (Lipinski definition) is 5. The van der Waals surface area contributed by atoms with Gasteiger partial charge in [-0.2, -0.15) is 0 Å². The maximum atomic E-state index is 6.63. The second-order valence-corrected chi connectivity index (χ2v) is 11.0. The van der Waals surface area contributed by atoms with E-state index < -0.39 is 18.0 Å². The molecule has 3 aromatic rings. The zero-order valence-electron chi connectivity index (χ0n) is 19.8. The lowest BCUT2D eigenvalue weighted by Gasteiger charge is -2.47. The molecule has 2 aliphatic heterocycles. The van der Waals surface area contributed by atoms with E-state index in [-0.39, 0.29) is 16.1 Å². The largest absolute Gasteiger partial charge is 0.368 e. The topological polar surface area (TPSA) is 46.2 Å². The van der Waals surface area contributed by atoms with E-state index in [4.69, 9.17) is 23.7 Å². The Morgan fingerprint density at radius 3 is 1.69 bits per heavy atom. The van der Waals surface area contributed by atoms with Gasteiger partial charge >= 0.3 is 0 Å². The van der Waals surface area contributed by atoms with Crippen LogP contribution in [0.1, 0.15) is 23.6 Å². The summed E-state index contributed by atoms with van der Waals surface area (Å²) in [5, 5.41) is 0. The normalized spacial score (nSPS) is 28.6. The molecule has 0 radical (unpaired) electrons. The van der Waals surface area contributed by atoms with Crippen molar-refractivity contribution in [2.24, 2.45) is 0 Å². The first-order chi connectivity index (χ1) is 17.2. The quantitative estimate of drug-likeness (QED) is 0.226. The smallest absolute Gasteiger partial charge is 0.187 e. The van der Waals surface area contributed by atoms with Crippen LogP contribution in [0, 0.1) is 0 Å². The first-order valence-corrected chi connectivity index (χ1v) is 13.3. The lowest BCUT2D eigenvalue weighted by molar-refractivity contribution is -0.292. The molecule has 184 valence electrons. The van der Waals surface area contributed by atoms with E-state index in [0.717, 1.165) is 16.7 Å². The number of benzene rings is 3. The number of hydrogen-bond donors (Lipinski definition) is 0. The summed E-state index contributed by atoms with van der Waals surface area (Å²) in [6.07, 6.45) is -1.65. The summed E-state index contributed by atoms with van der Waals surface area (Å²) < 4.78 is 32.6. The van der Waals surface area contributed by atoms with Crippen LogP contribution in [-0.2, 0) is 43.5 Å². The van der Waals surface area contributed by atoms with Gasteiger partial charge in [-0.15, -0.1) is 0 Å². The highest BCUT2D eigenvalue weighted by Crippen LogP contribution is 2.45. The molecule has 35 heavy (non-hydrogen) atoms. The summed E-state index contributed by atoms with van der Waals surface area (Å²) >= 11 is 2.42. The van der Waals surface area contributed by atoms with Crippen molar-refractivity contribution in [2.45, 2.75) is 60.9 Å². The Kier molecular flexibility index (Phi) is 8.17. The average molecular weight is 586 g/mol. The Hall–Kier alpha value is -1.81. The number of alkyl halides is 1. The minimum Gasteiger partial charge on any atom is -0.368 e. The Morgan fingerprint density at radius 1 is 0.743 bits per heavy atom. The van der Waals surface area contributed by atoms with Crippen molar-refractivity contribution >= 4 is 22.6 Å².